The van der Waals surface area contributed by atoms with Crippen LogP contribution in [0.15, 0.2) is 0 Å². The fourth-order valence-corrected chi connectivity index (χ4v) is 3.11. The maximum absolute atomic E-state index is 9.37. The van der Waals surface area contributed by atoms with Crippen LogP contribution in [0.5, 0.6) is 0 Å². The van der Waals surface area contributed by atoms with Gasteiger partial charge in [0.2, 0.25) is 0 Å². The second kappa shape index (κ2) is 8.12. The first-order chi connectivity index (χ1) is 10.1. The zero-order valence-electron chi connectivity index (χ0n) is 13.7. The van der Waals surface area contributed by atoms with E-state index in [0.717, 1.165) is 39.1 Å². The number of rotatable bonds is 10. The first kappa shape index (κ1) is 16.7. The maximum Gasteiger partial charge on any atom is 0.104 e. The van der Waals surface area contributed by atoms with E-state index < -0.39 is 0 Å². The van der Waals surface area contributed by atoms with Crippen LogP contribution in [-0.2, 0) is 4.74 Å². The number of nitrogens with one attached hydrogen (secondary N) is 1. The molecule has 1 heterocycles. The first-order valence-electron chi connectivity index (χ1n) is 8.68. The zero-order chi connectivity index (χ0) is 15.1. The van der Waals surface area contributed by atoms with Gasteiger partial charge in [-0.3, -0.25) is 5.32 Å². The number of hydrogen-bond donors (Lipinski definition) is 1. The molecule has 0 spiro atoms. The average molecular weight is 293 g/mol. The number of likely N-dealkylation sites (N-methyl/N-ethyl adjacent to an activating group) is 1. The summed E-state index contributed by atoms with van der Waals surface area (Å²) in [6.45, 7) is 8.51. The quantitative estimate of drug-likeness (QED) is 0.629. The van der Waals surface area contributed by atoms with E-state index in [4.69, 9.17) is 4.74 Å². The highest BCUT2D eigenvalue weighted by molar-refractivity contribution is 5.06. The van der Waals surface area contributed by atoms with E-state index >= 15 is 0 Å². The van der Waals surface area contributed by atoms with Gasteiger partial charge in [0.05, 0.1) is 12.2 Å². The van der Waals surface area contributed by atoms with Gasteiger partial charge in [0.1, 0.15) is 5.54 Å². The zero-order valence-corrected chi connectivity index (χ0v) is 13.7. The molecular formula is C17H31N3O. The highest BCUT2D eigenvalue weighted by Crippen LogP contribution is 2.24. The van der Waals surface area contributed by atoms with Crippen LogP contribution in [0, 0.1) is 11.3 Å². The lowest BCUT2D eigenvalue weighted by Crippen LogP contribution is -2.42. The Hall–Kier alpha value is -0.630. The van der Waals surface area contributed by atoms with Gasteiger partial charge in [-0.15, -0.1) is 0 Å². The Morgan fingerprint density at radius 2 is 2.14 bits per heavy atom. The molecule has 1 saturated heterocycles. The Morgan fingerprint density at radius 3 is 2.71 bits per heavy atom. The molecular weight excluding hydrogens is 262 g/mol. The van der Waals surface area contributed by atoms with E-state index in [0.29, 0.717) is 12.1 Å². The summed E-state index contributed by atoms with van der Waals surface area (Å²) in [5, 5.41) is 12.9. The van der Waals surface area contributed by atoms with Crippen LogP contribution >= 0.6 is 0 Å². The molecule has 0 radical (unpaired) electrons. The van der Waals surface area contributed by atoms with Gasteiger partial charge >= 0.3 is 0 Å². The Kier molecular flexibility index (Phi) is 6.47. The molecule has 120 valence electrons. The van der Waals surface area contributed by atoms with Crippen molar-refractivity contribution >= 4 is 0 Å². The summed E-state index contributed by atoms with van der Waals surface area (Å²) in [5.41, 5.74) is -0.327. The minimum Gasteiger partial charge on any atom is -0.377 e. The molecule has 2 fully saturated rings. The Morgan fingerprint density at radius 1 is 1.33 bits per heavy atom. The second-order valence-corrected chi connectivity index (χ2v) is 6.85. The SMILES string of the molecule is CCN(CCCCC(C)(C#N)NC1CC1)CC1CCCO1. The fraction of sp³-hybridized carbons (Fsp3) is 0.941. The monoisotopic (exact) mass is 293 g/mol. The Balaban J connectivity index is 1.61. The standard InChI is InChI=1S/C17H31N3O/c1-3-20(13-16-7-6-12-21-16)11-5-4-10-17(2,14-18)19-15-8-9-15/h15-16,19H,3-13H2,1-2H3. The molecule has 0 amide bonds. The van der Waals surface area contributed by atoms with Gasteiger partial charge in [0, 0.05) is 19.2 Å². The smallest absolute Gasteiger partial charge is 0.104 e. The van der Waals surface area contributed by atoms with Crippen molar-refractivity contribution in [3.8, 4) is 6.07 Å². The summed E-state index contributed by atoms with van der Waals surface area (Å²) < 4.78 is 5.72. The molecule has 0 aromatic rings. The largest absolute Gasteiger partial charge is 0.377 e. The predicted molar refractivity (Wildman–Crippen MR) is 85.1 cm³/mol. The number of nitriles is 1. The number of hydrogen-bond acceptors (Lipinski definition) is 4. The van der Waals surface area contributed by atoms with E-state index in [9.17, 15) is 5.26 Å². The van der Waals surface area contributed by atoms with Gasteiger partial charge in [-0.25, -0.2) is 0 Å². The molecule has 21 heavy (non-hydrogen) atoms. The Bertz CT molecular complexity index is 344. The van der Waals surface area contributed by atoms with Crippen LogP contribution in [-0.4, -0.2) is 48.8 Å². The van der Waals surface area contributed by atoms with Crippen molar-refractivity contribution in [2.24, 2.45) is 0 Å². The van der Waals surface area contributed by atoms with Crippen LogP contribution in [0.25, 0.3) is 0 Å². The van der Waals surface area contributed by atoms with E-state index in [1.54, 1.807) is 0 Å². The van der Waals surface area contributed by atoms with Crippen molar-refractivity contribution in [3.05, 3.63) is 0 Å². The number of ether oxygens (including phenoxy) is 1. The summed E-state index contributed by atoms with van der Waals surface area (Å²) in [4.78, 5) is 2.49. The lowest BCUT2D eigenvalue weighted by atomic mass is 9.96. The topological polar surface area (TPSA) is 48.3 Å². The molecule has 1 N–H and O–H groups in total. The molecule has 4 heteroatoms. The van der Waals surface area contributed by atoms with Crippen molar-refractivity contribution in [1.82, 2.24) is 10.2 Å². The van der Waals surface area contributed by atoms with E-state index in [-0.39, 0.29) is 5.54 Å². The Labute approximate surface area is 129 Å². The van der Waals surface area contributed by atoms with Crippen LogP contribution in [0.4, 0.5) is 0 Å². The highest BCUT2D eigenvalue weighted by atomic mass is 16.5. The third-order valence-electron chi connectivity index (χ3n) is 4.68. The van der Waals surface area contributed by atoms with Crippen LogP contribution in [0.2, 0.25) is 0 Å². The van der Waals surface area contributed by atoms with Crippen LogP contribution in [0.1, 0.15) is 58.8 Å². The van der Waals surface area contributed by atoms with Crippen molar-refractivity contribution in [2.75, 3.05) is 26.2 Å². The summed E-state index contributed by atoms with van der Waals surface area (Å²) in [6, 6.07) is 3.06. The van der Waals surface area contributed by atoms with E-state index in [1.807, 2.05) is 0 Å². The van der Waals surface area contributed by atoms with E-state index in [1.165, 1.54) is 32.1 Å². The van der Waals surface area contributed by atoms with Gasteiger partial charge in [0.25, 0.3) is 0 Å². The minimum atomic E-state index is -0.327. The van der Waals surface area contributed by atoms with Crippen molar-refractivity contribution in [3.63, 3.8) is 0 Å². The maximum atomic E-state index is 9.37. The van der Waals surface area contributed by atoms with Crippen LogP contribution in [0.3, 0.4) is 0 Å². The minimum absolute atomic E-state index is 0.327. The van der Waals surface area contributed by atoms with E-state index in [2.05, 4.69) is 30.1 Å². The molecule has 0 bridgehead atoms. The number of unbranched alkanes of at least 4 members (excludes halogenated alkanes) is 1. The molecule has 1 saturated carbocycles. The van der Waals surface area contributed by atoms with Gasteiger partial charge in [-0.1, -0.05) is 6.92 Å². The normalized spacial score (nSPS) is 25.0. The van der Waals surface area contributed by atoms with Crippen molar-refractivity contribution < 1.29 is 4.74 Å². The highest BCUT2D eigenvalue weighted by Gasteiger charge is 2.31. The molecule has 1 aliphatic heterocycles. The summed E-state index contributed by atoms with van der Waals surface area (Å²) in [6.07, 6.45) is 8.60. The van der Waals surface area contributed by atoms with Crippen LogP contribution < -0.4 is 5.32 Å². The van der Waals surface area contributed by atoms with Gasteiger partial charge in [-0.05, 0) is 65.0 Å². The summed E-state index contributed by atoms with van der Waals surface area (Å²) in [7, 11) is 0. The average Bonchev–Trinajstić information content (AvgIpc) is 3.14. The molecule has 0 aromatic carbocycles. The predicted octanol–water partition coefficient (Wildman–Crippen LogP) is 2.69. The van der Waals surface area contributed by atoms with Gasteiger partial charge in [-0.2, -0.15) is 5.26 Å². The molecule has 1 aliphatic carbocycles. The number of nitrogens with zero attached hydrogens (tertiary/aromatic N) is 2. The third-order valence-corrected chi connectivity index (χ3v) is 4.68. The first-order valence-corrected chi connectivity index (χ1v) is 8.68. The molecule has 2 rings (SSSR count). The molecule has 0 aromatic heterocycles. The van der Waals surface area contributed by atoms with Gasteiger partial charge < -0.3 is 9.64 Å². The summed E-state index contributed by atoms with van der Waals surface area (Å²) in [5.74, 6) is 0. The van der Waals surface area contributed by atoms with Crippen molar-refractivity contribution in [2.45, 2.75) is 76.5 Å². The lowest BCUT2D eigenvalue weighted by Gasteiger charge is -2.26. The fourth-order valence-electron chi connectivity index (χ4n) is 3.11. The molecule has 2 atom stereocenters. The lowest BCUT2D eigenvalue weighted by molar-refractivity contribution is 0.0741. The molecule has 4 nitrogen and oxygen atoms in total. The van der Waals surface area contributed by atoms with Gasteiger partial charge in [0.15, 0.2) is 0 Å². The molecule has 2 unspecified atom stereocenters. The third kappa shape index (κ3) is 5.94. The summed E-state index contributed by atoms with van der Waals surface area (Å²) >= 11 is 0. The van der Waals surface area contributed by atoms with Crippen molar-refractivity contribution in [1.29, 1.82) is 5.26 Å². The second-order valence-electron chi connectivity index (χ2n) is 6.85. The molecule has 2 aliphatic rings.